The summed E-state index contributed by atoms with van der Waals surface area (Å²) < 4.78 is 2.69. The predicted octanol–water partition coefficient (Wildman–Crippen LogP) is 3.40. The lowest BCUT2D eigenvalue weighted by Gasteiger charge is -2.07. The molecule has 0 aliphatic carbocycles. The van der Waals surface area contributed by atoms with E-state index in [9.17, 15) is 0 Å². The average Bonchev–Trinajstić information content (AvgIpc) is 2.73. The molecule has 1 heterocycles. The summed E-state index contributed by atoms with van der Waals surface area (Å²) in [5.74, 6) is 0. The van der Waals surface area contributed by atoms with Crippen molar-refractivity contribution in [2.45, 2.75) is 13.5 Å². The molecule has 0 aliphatic rings. The van der Waals surface area contributed by atoms with Crippen molar-refractivity contribution < 1.29 is 0 Å². The van der Waals surface area contributed by atoms with E-state index >= 15 is 0 Å². The van der Waals surface area contributed by atoms with Gasteiger partial charge in [0.15, 0.2) is 0 Å². The molecule has 0 bridgehead atoms. The molecule has 1 aromatic heterocycles. The number of benzene rings is 1. The summed E-state index contributed by atoms with van der Waals surface area (Å²) in [5.41, 5.74) is 2.06. The number of halogens is 2. The average molecular weight is 315 g/mol. The van der Waals surface area contributed by atoms with Gasteiger partial charge in [-0.15, -0.1) is 0 Å². The fraction of sp³-hybridized carbons (Fsp3) is 0.250. The number of aromatic nitrogens is 2. The van der Waals surface area contributed by atoms with Gasteiger partial charge in [0, 0.05) is 12.7 Å². The van der Waals surface area contributed by atoms with Crippen molar-refractivity contribution in [3.8, 4) is 5.69 Å². The monoisotopic (exact) mass is 313 g/mol. The van der Waals surface area contributed by atoms with Gasteiger partial charge in [0.2, 0.25) is 0 Å². The Morgan fingerprint density at radius 2 is 2.29 bits per heavy atom. The lowest BCUT2D eigenvalue weighted by molar-refractivity contribution is 0.726. The SMILES string of the molecule is CCNCc1ccc(-n2cc(Br)cn2)c(Cl)c1. The van der Waals surface area contributed by atoms with Gasteiger partial charge in [0.05, 0.1) is 21.4 Å². The first-order valence-electron chi connectivity index (χ1n) is 5.40. The molecule has 17 heavy (non-hydrogen) atoms. The second-order valence-electron chi connectivity index (χ2n) is 3.67. The molecule has 0 saturated heterocycles. The van der Waals surface area contributed by atoms with Gasteiger partial charge in [-0.2, -0.15) is 5.10 Å². The Morgan fingerprint density at radius 1 is 1.47 bits per heavy atom. The first-order valence-corrected chi connectivity index (χ1v) is 6.57. The van der Waals surface area contributed by atoms with Crippen molar-refractivity contribution in [1.29, 1.82) is 0 Å². The van der Waals surface area contributed by atoms with Crippen LogP contribution in [-0.2, 0) is 6.54 Å². The first kappa shape index (κ1) is 12.6. The van der Waals surface area contributed by atoms with Crippen LogP contribution in [0.1, 0.15) is 12.5 Å². The van der Waals surface area contributed by atoms with E-state index in [-0.39, 0.29) is 0 Å². The van der Waals surface area contributed by atoms with Crippen molar-refractivity contribution in [2.24, 2.45) is 0 Å². The molecule has 0 radical (unpaired) electrons. The van der Waals surface area contributed by atoms with E-state index in [1.807, 2.05) is 18.3 Å². The number of nitrogens with one attached hydrogen (secondary N) is 1. The minimum Gasteiger partial charge on any atom is -0.313 e. The van der Waals surface area contributed by atoms with E-state index in [1.165, 1.54) is 5.56 Å². The predicted molar refractivity (Wildman–Crippen MR) is 73.7 cm³/mol. The van der Waals surface area contributed by atoms with Crippen LogP contribution in [0.3, 0.4) is 0 Å². The molecule has 1 N–H and O–H groups in total. The zero-order chi connectivity index (χ0) is 12.3. The van der Waals surface area contributed by atoms with Gasteiger partial charge in [-0.1, -0.05) is 24.6 Å². The van der Waals surface area contributed by atoms with E-state index in [1.54, 1.807) is 10.9 Å². The molecule has 0 unspecified atom stereocenters. The van der Waals surface area contributed by atoms with E-state index in [4.69, 9.17) is 11.6 Å². The maximum Gasteiger partial charge on any atom is 0.0832 e. The molecule has 1 aromatic carbocycles. The van der Waals surface area contributed by atoms with E-state index in [0.717, 1.165) is 23.2 Å². The van der Waals surface area contributed by atoms with Crippen LogP contribution in [0.15, 0.2) is 35.1 Å². The highest BCUT2D eigenvalue weighted by atomic mass is 79.9. The van der Waals surface area contributed by atoms with E-state index in [2.05, 4.69) is 39.3 Å². The lowest BCUT2D eigenvalue weighted by atomic mass is 10.2. The third kappa shape index (κ3) is 3.09. The van der Waals surface area contributed by atoms with Crippen molar-refractivity contribution >= 4 is 27.5 Å². The highest BCUT2D eigenvalue weighted by Crippen LogP contribution is 2.22. The quantitative estimate of drug-likeness (QED) is 0.937. The molecule has 0 fully saturated rings. The molecular formula is C12H13BrClN3. The van der Waals surface area contributed by atoms with Crippen LogP contribution in [-0.4, -0.2) is 16.3 Å². The standard InChI is InChI=1S/C12H13BrClN3/c1-2-15-6-9-3-4-12(11(14)5-9)17-8-10(13)7-16-17/h3-5,7-8,15H,2,6H2,1H3. The Labute approximate surface area is 114 Å². The largest absolute Gasteiger partial charge is 0.313 e. The topological polar surface area (TPSA) is 29.9 Å². The molecule has 2 rings (SSSR count). The van der Waals surface area contributed by atoms with Crippen molar-refractivity contribution in [3.63, 3.8) is 0 Å². The normalized spacial score (nSPS) is 10.8. The van der Waals surface area contributed by atoms with Gasteiger partial charge in [0.1, 0.15) is 0 Å². The van der Waals surface area contributed by atoms with Crippen molar-refractivity contribution in [3.05, 3.63) is 45.7 Å². The fourth-order valence-corrected chi connectivity index (χ4v) is 2.12. The van der Waals surface area contributed by atoms with E-state index < -0.39 is 0 Å². The second kappa shape index (κ2) is 5.67. The Kier molecular flexibility index (Phi) is 4.20. The van der Waals surface area contributed by atoms with Gasteiger partial charge in [0.25, 0.3) is 0 Å². The smallest absolute Gasteiger partial charge is 0.0832 e. The molecule has 5 heteroatoms. The van der Waals surface area contributed by atoms with Gasteiger partial charge in [-0.3, -0.25) is 0 Å². The van der Waals surface area contributed by atoms with Crippen LogP contribution in [0.25, 0.3) is 5.69 Å². The third-order valence-corrected chi connectivity index (χ3v) is 3.10. The molecule has 0 amide bonds. The Balaban J connectivity index is 2.25. The second-order valence-corrected chi connectivity index (χ2v) is 4.99. The molecule has 0 spiro atoms. The molecule has 3 nitrogen and oxygen atoms in total. The molecule has 0 atom stereocenters. The van der Waals surface area contributed by atoms with Crippen LogP contribution in [0.2, 0.25) is 5.02 Å². The Hall–Kier alpha value is -0.840. The molecule has 0 aliphatic heterocycles. The van der Waals surface area contributed by atoms with E-state index in [0.29, 0.717) is 5.02 Å². The summed E-state index contributed by atoms with van der Waals surface area (Å²) in [6, 6.07) is 6.00. The van der Waals surface area contributed by atoms with Crippen LogP contribution in [0, 0.1) is 0 Å². The van der Waals surface area contributed by atoms with Crippen molar-refractivity contribution in [1.82, 2.24) is 15.1 Å². The summed E-state index contributed by atoms with van der Waals surface area (Å²) >= 11 is 9.61. The fourth-order valence-electron chi connectivity index (χ4n) is 1.55. The highest BCUT2D eigenvalue weighted by Gasteiger charge is 2.05. The van der Waals surface area contributed by atoms with Crippen LogP contribution in [0.5, 0.6) is 0 Å². The summed E-state index contributed by atoms with van der Waals surface area (Å²) in [6.07, 6.45) is 3.62. The number of rotatable bonds is 4. The molecule has 90 valence electrons. The van der Waals surface area contributed by atoms with Gasteiger partial charge >= 0.3 is 0 Å². The summed E-state index contributed by atoms with van der Waals surface area (Å²) in [6.45, 7) is 3.86. The Morgan fingerprint density at radius 3 is 2.88 bits per heavy atom. The molecule has 0 saturated carbocycles. The number of hydrogen-bond acceptors (Lipinski definition) is 2. The zero-order valence-electron chi connectivity index (χ0n) is 9.45. The maximum atomic E-state index is 6.25. The van der Waals surface area contributed by atoms with Gasteiger partial charge in [-0.25, -0.2) is 4.68 Å². The lowest BCUT2D eigenvalue weighted by Crippen LogP contribution is -2.11. The summed E-state index contributed by atoms with van der Waals surface area (Å²) in [7, 11) is 0. The third-order valence-electron chi connectivity index (χ3n) is 2.39. The number of hydrogen-bond donors (Lipinski definition) is 1. The van der Waals surface area contributed by atoms with Crippen molar-refractivity contribution in [2.75, 3.05) is 6.54 Å². The van der Waals surface area contributed by atoms with Gasteiger partial charge < -0.3 is 5.32 Å². The van der Waals surface area contributed by atoms with Crippen LogP contribution < -0.4 is 5.32 Å². The Bertz CT molecular complexity index is 510. The van der Waals surface area contributed by atoms with Gasteiger partial charge in [-0.05, 0) is 40.2 Å². The summed E-state index contributed by atoms with van der Waals surface area (Å²) in [4.78, 5) is 0. The first-order chi connectivity index (χ1) is 8.20. The number of nitrogens with zero attached hydrogens (tertiary/aromatic N) is 2. The minimum absolute atomic E-state index is 0.705. The molecular weight excluding hydrogens is 302 g/mol. The maximum absolute atomic E-state index is 6.25. The minimum atomic E-state index is 0.705. The summed E-state index contributed by atoms with van der Waals surface area (Å²) in [5, 5.41) is 8.18. The van der Waals surface area contributed by atoms with Crippen LogP contribution >= 0.6 is 27.5 Å². The van der Waals surface area contributed by atoms with Crippen LogP contribution in [0.4, 0.5) is 0 Å². The highest BCUT2D eigenvalue weighted by molar-refractivity contribution is 9.10. The molecule has 2 aromatic rings. The zero-order valence-corrected chi connectivity index (χ0v) is 11.8.